The number of hydrogen-bond acceptors (Lipinski definition) is 4. The standard InChI is InChI=1S/C22H26N4O3/c1-25(2)15-20(27)24-18-10-8-17(9-11-18)22(29)26-13-12-23-21(28)19(26)14-16-6-4-3-5-7-16/h3-11,19H,12-15H2,1-2H3,(H,23,28)(H,24,27)/t19-/m1/s1. The number of piperazine rings is 1. The van der Waals surface area contributed by atoms with Gasteiger partial charge in [-0.3, -0.25) is 14.4 Å². The third-order valence-electron chi connectivity index (χ3n) is 4.74. The average Bonchev–Trinajstić information content (AvgIpc) is 2.70. The lowest BCUT2D eigenvalue weighted by Crippen LogP contribution is -2.58. The summed E-state index contributed by atoms with van der Waals surface area (Å²) < 4.78 is 0. The van der Waals surface area contributed by atoms with E-state index in [0.29, 0.717) is 30.8 Å². The number of hydrogen-bond donors (Lipinski definition) is 2. The maximum Gasteiger partial charge on any atom is 0.254 e. The van der Waals surface area contributed by atoms with Gasteiger partial charge in [0.25, 0.3) is 5.91 Å². The van der Waals surface area contributed by atoms with Crippen molar-refractivity contribution in [1.29, 1.82) is 0 Å². The normalized spacial score (nSPS) is 16.4. The van der Waals surface area contributed by atoms with Crippen molar-refractivity contribution in [3.05, 3.63) is 65.7 Å². The molecule has 152 valence electrons. The van der Waals surface area contributed by atoms with E-state index in [1.807, 2.05) is 44.4 Å². The van der Waals surface area contributed by atoms with Gasteiger partial charge in [0, 0.05) is 30.8 Å². The molecule has 1 atom stereocenters. The summed E-state index contributed by atoms with van der Waals surface area (Å²) in [5, 5.41) is 5.65. The molecule has 1 saturated heterocycles. The van der Waals surface area contributed by atoms with Crippen LogP contribution < -0.4 is 10.6 Å². The first-order chi connectivity index (χ1) is 13.9. The van der Waals surface area contributed by atoms with Gasteiger partial charge >= 0.3 is 0 Å². The van der Waals surface area contributed by atoms with Crippen molar-refractivity contribution in [2.24, 2.45) is 0 Å². The third kappa shape index (κ3) is 5.42. The number of carbonyl (C=O) groups is 3. The van der Waals surface area contributed by atoms with Crippen LogP contribution in [0.4, 0.5) is 5.69 Å². The summed E-state index contributed by atoms with van der Waals surface area (Å²) in [6, 6.07) is 15.9. The van der Waals surface area contributed by atoms with Crippen molar-refractivity contribution in [2.45, 2.75) is 12.5 Å². The lowest BCUT2D eigenvalue weighted by Gasteiger charge is -2.35. The fraction of sp³-hybridized carbons (Fsp3) is 0.318. The van der Waals surface area contributed by atoms with E-state index in [4.69, 9.17) is 0 Å². The molecule has 1 aliphatic heterocycles. The topological polar surface area (TPSA) is 81.8 Å². The number of nitrogens with one attached hydrogen (secondary N) is 2. The Hall–Kier alpha value is -3.19. The molecule has 0 aliphatic carbocycles. The number of rotatable bonds is 6. The summed E-state index contributed by atoms with van der Waals surface area (Å²) in [5.74, 6) is -0.447. The molecule has 2 aromatic rings. The van der Waals surface area contributed by atoms with Crippen molar-refractivity contribution < 1.29 is 14.4 Å². The highest BCUT2D eigenvalue weighted by molar-refractivity contribution is 5.99. The van der Waals surface area contributed by atoms with Crippen LogP contribution in [0.2, 0.25) is 0 Å². The molecule has 0 saturated carbocycles. The van der Waals surface area contributed by atoms with Crippen molar-refractivity contribution in [1.82, 2.24) is 15.1 Å². The first-order valence-corrected chi connectivity index (χ1v) is 9.61. The molecule has 2 aromatic carbocycles. The Kier molecular flexibility index (Phi) is 6.61. The monoisotopic (exact) mass is 394 g/mol. The first-order valence-electron chi connectivity index (χ1n) is 9.61. The minimum atomic E-state index is -0.543. The second-order valence-corrected chi connectivity index (χ2v) is 7.36. The van der Waals surface area contributed by atoms with Crippen LogP contribution in [0.1, 0.15) is 15.9 Å². The first kappa shape index (κ1) is 20.5. The lowest BCUT2D eigenvalue weighted by atomic mass is 10.0. The summed E-state index contributed by atoms with van der Waals surface area (Å²) in [7, 11) is 3.64. The summed E-state index contributed by atoms with van der Waals surface area (Å²) in [4.78, 5) is 40.8. The van der Waals surface area contributed by atoms with E-state index >= 15 is 0 Å². The third-order valence-corrected chi connectivity index (χ3v) is 4.74. The molecular formula is C22H26N4O3. The van der Waals surface area contributed by atoms with E-state index in [2.05, 4.69) is 10.6 Å². The van der Waals surface area contributed by atoms with E-state index in [1.165, 1.54) is 0 Å². The molecule has 0 aromatic heterocycles. The Bertz CT molecular complexity index is 865. The van der Waals surface area contributed by atoms with Gasteiger partial charge in [0.1, 0.15) is 6.04 Å². The number of carbonyl (C=O) groups excluding carboxylic acids is 3. The quantitative estimate of drug-likeness (QED) is 0.775. The summed E-state index contributed by atoms with van der Waals surface area (Å²) in [6.45, 7) is 1.18. The molecule has 0 bridgehead atoms. The fourth-order valence-electron chi connectivity index (χ4n) is 3.35. The molecule has 0 radical (unpaired) electrons. The second-order valence-electron chi connectivity index (χ2n) is 7.36. The molecule has 29 heavy (non-hydrogen) atoms. The van der Waals surface area contributed by atoms with Gasteiger partial charge < -0.3 is 20.4 Å². The van der Waals surface area contributed by atoms with E-state index in [-0.39, 0.29) is 24.3 Å². The Morgan fingerprint density at radius 1 is 1.10 bits per heavy atom. The molecule has 1 heterocycles. The van der Waals surface area contributed by atoms with Gasteiger partial charge in [-0.25, -0.2) is 0 Å². The van der Waals surface area contributed by atoms with Gasteiger partial charge in [0.15, 0.2) is 0 Å². The average molecular weight is 394 g/mol. The number of benzene rings is 2. The Morgan fingerprint density at radius 2 is 1.79 bits per heavy atom. The largest absolute Gasteiger partial charge is 0.353 e. The van der Waals surface area contributed by atoms with Crippen molar-refractivity contribution in [2.75, 3.05) is 39.0 Å². The molecule has 3 rings (SSSR count). The molecule has 1 aliphatic rings. The fourth-order valence-corrected chi connectivity index (χ4v) is 3.35. The number of likely N-dealkylation sites (N-methyl/N-ethyl adjacent to an activating group) is 1. The van der Waals surface area contributed by atoms with E-state index in [0.717, 1.165) is 5.56 Å². The molecule has 7 heteroatoms. The highest BCUT2D eigenvalue weighted by Crippen LogP contribution is 2.17. The van der Waals surface area contributed by atoms with E-state index < -0.39 is 6.04 Å². The van der Waals surface area contributed by atoms with Crippen LogP contribution in [0.25, 0.3) is 0 Å². The Balaban J connectivity index is 1.71. The van der Waals surface area contributed by atoms with Crippen LogP contribution in [-0.2, 0) is 16.0 Å². The van der Waals surface area contributed by atoms with Gasteiger partial charge in [0.05, 0.1) is 6.54 Å². The number of amides is 3. The molecule has 3 amide bonds. The van der Waals surface area contributed by atoms with Crippen molar-refractivity contribution in [3.63, 3.8) is 0 Å². The van der Waals surface area contributed by atoms with Crippen molar-refractivity contribution in [3.8, 4) is 0 Å². The molecule has 2 N–H and O–H groups in total. The number of anilines is 1. The minimum Gasteiger partial charge on any atom is -0.353 e. The van der Waals surface area contributed by atoms with E-state index in [9.17, 15) is 14.4 Å². The Labute approximate surface area is 170 Å². The van der Waals surface area contributed by atoms with Crippen LogP contribution in [0.5, 0.6) is 0 Å². The van der Waals surface area contributed by atoms with Gasteiger partial charge in [-0.2, -0.15) is 0 Å². The van der Waals surface area contributed by atoms with E-state index in [1.54, 1.807) is 34.1 Å². The van der Waals surface area contributed by atoms with Crippen LogP contribution >= 0.6 is 0 Å². The predicted octanol–water partition coefficient (Wildman–Crippen LogP) is 1.37. The maximum atomic E-state index is 13.1. The molecule has 7 nitrogen and oxygen atoms in total. The highest BCUT2D eigenvalue weighted by atomic mass is 16.2. The summed E-state index contributed by atoms with van der Waals surface area (Å²) >= 11 is 0. The lowest BCUT2D eigenvalue weighted by molar-refractivity contribution is -0.127. The summed E-state index contributed by atoms with van der Waals surface area (Å²) in [5.41, 5.74) is 2.13. The molecular weight excluding hydrogens is 368 g/mol. The van der Waals surface area contributed by atoms with Crippen LogP contribution in [0, 0.1) is 0 Å². The Morgan fingerprint density at radius 3 is 2.45 bits per heavy atom. The van der Waals surface area contributed by atoms with Crippen LogP contribution in [-0.4, -0.2) is 67.3 Å². The number of nitrogens with zero attached hydrogens (tertiary/aromatic N) is 2. The zero-order valence-electron chi connectivity index (χ0n) is 16.7. The minimum absolute atomic E-state index is 0.121. The van der Waals surface area contributed by atoms with Gasteiger partial charge in [-0.05, 0) is 43.9 Å². The smallest absolute Gasteiger partial charge is 0.254 e. The van der Waals surface area contributed by atoms with Crippen LogP contribution in [0.3, 0.4) is 0 Å². The van der Waals surface area contributed by atoms with Crippen molar-refractivity contribution >= 4 is 23.4 Å². The SMILES string of the molecule is CN(C)CC(=O)Nc1ccc(C(=O)N2CCNC(=O)[C@H]2Cc2ccccc2)cc1. The van der Waals surface area contributed by atoms with Gasteiger partial charge in [0.2, 0.25) is 11.8 Å². The predicted molar refractivity (Wildman–Crippen MR) is 112 cm³/mol. The zero-order valence-corrected chi connectivity index (χ0v) is 16.7. The molecule has 1 fully saturated rings. The zero-order chi connectivity index (χ0) is 20.8. The van der Waals surface area contributed by atoms with Gasteiger partial charge in [-0.15, -0.1) is 0 Å². The maximum absolute atomic E-state index is 13.1. The van der Waals surface area contributed by atoms with Crippen LogP contribution in [0.15, 0.2) is 54.6 Å². The van der Waals surface area contributed by atoms with Gasteiger partial charge in [-0.1, -0.05) is 30.3 Å². The second kappa shape index (κ2) is 9.34. The summed E-state index contributed by atoms with van der Waals surface area (Å²) in [6.07, 6.45) is 0.469. The molecule has 0 unspecified atom stereocenters. The molecule has 0 spiro atoms. The highest BCUT2D eigenvalue weighted by Gasteiger charge is 2.33.